The molecule has 1 unspecified atom stereocenters. The maximum absolute atomic E-state index is 12.8. The van der Waals surface area contributed by atoms with E-state index in [1.807, 2.05) is 23.1 Å². The van der Waals surface area contributed by atoms with Gasteiger partial charge in [0.25, 0.3) is 11.8 Å². The van der Waals surface area contributed by atoms with E-state index in [4.69, 9.17) is 0 Å². The van der Waals surface area contributed by atoms with Crippen molar-refractivity contribution < 1.29 is 14.4 Å². The Morgan fingerprint density at radius 1 is 0.963 bits per heavy atom. The molecule has 0 bridgehead atoms. The molecule has 142 valence electrons. The maximum atomic E-state index is 12.8. The predicted molar refractivity (Wildman–Crippen MR) is 102 cm³/mol. The summed E-state index contributed by atoms with van der Waals surface area (Å²) < 4.78 is 0. The van der Waals surface area contributed by atoms with E-state index in [1.165, 1.54) is 6.42 Å². The molecule has 0 aromatic rings. The van der Waals surface area contributed by atoms with Gasteiger partial charge in [-0.15, -0.1) is 0 Å². The molecule has 2 heterocycles. The highest BCUT2D eigenvalue weighted by molar-refractivity contribution is 6.45. The SMILES string of the molecule is O=C1N=C(C(=O)N2CCN(C(=O)C3CCCCC3)CC2)C=C2C=CC=CC12. The second-order valence-corrected chi connectivity index (χ2v) is 7.65. The van der Waals surface area contributed by atoms with Crippen molar-refractivity contribution in [1.29, 1.82) is 0 Å². The molecular weight excluding hydrogens is 342 g/mol. The second kappa shape index (κ2) is 7.62. The number of aliphatic imine (C=N–C) groups is 1. The second-order valence-electron chi connectivity index (χ2n) is 7.65. The molecule has 0 N–H and O–H groups in total. The van der Waals surface area contributed by atoms with E-state index >= 15 is 0 Å². The third kappa shape index (κ3) is 3.66. The highest BCUT2D eigenvalue weighted by atomic mass is 16.2. The summed E-state index contributed by atoms with van der Waals surface area (Å²) in [5.41, 5.74) is 1.02. The third-order valence-corrected chi connectivity index (χ3v) is 5.91. The number of fused-ring (bicyclic) bond motifs is 1. The molecule has 1 atom stereocenters. The Balaban J connectivity index is 1.37. The molecule has 2 aliphatic heterocycles. The monoisotopic (exact) mass is 367 g/mol. The first kappa shape index (κ1) is 17.9. The molecular formula is C21H25N3O3. The van der Waals surface area contributed by atoms with E-state index < -0.39 is 0 Å². The molecule has 6 heteroatoms. The summed E-state index contributed by atoms with van der Waals surface area (Å²) in [6.07, 6.45) is 14.6. The number of rotatable bonds is 2. The van der Waals surface area contributed by atoms with Gasteiger partial charge in [-0.25, -0.2) is 4.99 Å². The highest BCUT2D eigenvalue weighted by Crippen LogP contribution is 2.26. The van der Waals surface area contributed by atoms with Crippen molar-refractivity contribution in [3.05, 3.63) is 36.0 Å². The van der Waals surface area contributed by atoms with Crippen LogP contribution in [0.4, 0.5) is 0 Å². The summed E-state index contributed by atoms with van der Waals surface area (Å²) in [5, 5.41) is 0. The molecule has 1 saturated carbocycles. The fourth-order valence-corrected chi connectivity index (χ4v) is 4.31. The zero-order valence-corrected chi connectivity index (χ0v) is 15.5. The molecule has 2 fully saturated rings. The lowest BCUT2D eigenvalue weighted by atomic mass is 9.88. The van der Waals surface area contributed by atoms with Crippen molar-refractivity contribution in [3.63, 3.8) is 0 Å². The van der Waals surface area contributed by atoms with Crippen LogP contribution < -0.4 is 0 Å². The number of hydrogen-bond acceptors (Lipinski definition) is 3. The number of piperazine rings is 1. The zero-order chi connectivity index (χ0) is 18.8. The average molecular weight is 367 g/mol. The van der Waals surface area contributed by atoms with Crippen LogP contribution in [0.25, 0.3) is 0 Å². The zero-order valence-electron chi connectivity index (χ0n) is 15.5. The highest BCUT2D eigenvalue weighted by Gasteiger charge is 2.32. The normalized spacial score (nSPS) is 25.8. The van der Waals surface area contributed by atoms with Crippen molar-refractivity contribution >= 4 is 23.4 Å². The Morgan fingerprint density at radius 3 is 2.41 bits per heavy atom. The van der Waals surface area contributed by atoms with Crippen molar-refractivity contribution in [2.45, 2.75) is 32.1 Å². The number of allylic oxidation sites excluding steroid dienone is 3. The number of carbonyl (C=O) groups is 3. The Kier molecular flexibility index (Phi) is 5.05. The number of hydrogen-bond donors (Lipinski definition) is 0. The minimum Gasteiger partial charge on any atom is -0.339 e. The summed E-state index contributed by atoms with van der Waals surface area (Å²) in [6.45, 7) is 2.11. The van der Waals surface area contributed by atoms with Crippen LogP contribution in [0.1, 0.15) is 32.1 Å². The lowest BCUT2D eigenvalue weighted by Gasteiger charge is -2.37. The quantitative estimate of drug-likeness (QED) is 0.748. The van der Waals surface area contributed by atoms with Gasteiger partial charge < -0.3 is 9.80 Å². The summed E-state index contributed by atoms with van der Waals surface area (Å²) in [6, 6.07) is 0. The van der Waals surface area contributed by atoms with E-state index in [-0.39, 0.29) is 35.3 Å². The van der Waals surface area contributed by atoms with Gasteiger partial charge in [0.1, 0.15) is 5.71 Å². The van der Waals surface area contributed by atoms with E-state index in [2.05, 4.69) is 4.99 Å². The predicted octanol–water partition coefficient (Wildman–Crippen LogP) is 1.89. The van der Waals surface area contributed by atoms with Crippen molar-refractivity contribution in [3.8, 4) is 0 Å². The molecule has 27 heavy (non-hydrogen) atoms. The first-order chi connectivity index (χ1) is 13.1. The van der Waals surface area contributed by atoms with Crippen LogP contribution in [0.3, 0.4) is 0 Å². The van der Waals surface area contributed by atoms with Crippen LogP contribution in [-0.2, 0) is 14.4 Å². The minimum atomic E-state index is -0.364. The fraction of sp³-hybridized carbons (Fsp3) is 0.524. The minimum absolute atomic E-state index is 0.161. The van der Waals surface area contributed by atoms with E-state index in [0.717, 1.165) is 31.3 Å². The molecule has 4 rings (SSSR count). The van der Waals surface area contributed by atoms with E-state index in [9.17, 15) is 14.4 Å². The molecule has 4 aliphatic rings. The molecule has 1 saturated heterocycles. The van der Waals surface area contributed by atoms with Crippen LogP contribution in [0.2, 0.25) is 0 Å². The molecule has 0 aromatic carbocycles. The largest absolute Gasteiger partial charge is 0.339 e. The molecule has 0 radical (unpaired) electrons. The van der Waals surface area contributed by atoms with Crippen LogP contribution in [0, 0.1) is 11.8 Å². The lowest BCUT2D eigenvalue weighted by Crippen LogP contribution is -2.53. The molecule has 6 nitrogen and oxygen atoms in total. The smallest absolute Gasteiger partial charge is 0.272 e. The lowest BCUT2D eigenvalue weighted by molar-refractivity contribution is -0.140. The fourth-order valence-electron chi connectivity index (χ4n) is 4.31. The summed E-state index contributed by atoms with van der Waals surface area (Å²) in [4.78, 5) is 45.3. The Morgan fingerprint density at radius 2 is 1.67 bits per heavy atom. The topological polar surface area (TPSA) is 70.1 Å². The van der Waals surface area contributed by atoms with Crippen molar-refractivity contribution in [1.82, 2.24) is 9.80 Å². The molecule has 0 aromatic heterocycles. The van der Waals surface area contributed by atoms with Gasteiger partial charge in [-0.1, -0.05) is 43.6 Å². The van der Waals surface area contributed by atoms with E-state index in [0.29, 0.717) is 26.2 Å². The van der Waals surface area contributed by atoms with Crippen molar-refractivity contribution in [2.24, 2.45) is 16.8 Å². The summed E-state index contributed by atoms with van der Waals surface area (Å²) >= 11 is 0. The Bertz CT molecular complexity index is 764. The van der Waals surface area contributed by atoms with Crippen LogP contribution in [-0.4, -0.2) is 59.4 Å². The summed E-state index contributed by atoms with van der Waals surface area (Å²) in [7, 11) is 0. The van der Waals surface area contributed by atoms with E-state index in [1.54, 1.807) is 17.1 Å². The van der Waals surface area contributed by atoms with Gasteiger partial charge in [-0.05, 0) is 24.5 Å². The maximum Gasteiger partial charge on any atom is 0.272 e. The molecule has 3 amide bonds. The standard InChI is InChI=1S/C21H25N3O3/c25-19-17-9-5-4-8-16(17)14-18(22-19)21(27)24-12-10-23(11-13-24)20(26)15-6-2-1-3-7-15/h4-5,8-9,14-15,17H,1-3,6-7,10-13H2. The van der Waals surface area contributed by atoms with Gasteiger partial charge in [0, 0.05) is 32.1 Å². The van der Waals surface area contributed by atoms with Gasteiger partial charge in [0.2, 0.25) is 5.91 Å². The van der Waals surface area contributed by atoms with Gasteiger partial charge in [-0.3, -0.25) is 14.4 Å². The third-order valence-electron chi connectivity index (χ3n) is 5.91. The van der Waals surface area contributed by atoms with Gasteiger partial charge in [-0.2, -0.15) is 0 Å². The Hall–Kier alpha value is -2.50. The Labute approximate surface area is 159 Å². The number of amides is 3. The molecule has 0 spiro atoms. The van der Waals surface area contributed by atoms with Crippen LogP contribution in [0.5, 0.6) is 0 Å². The number of carbonyl (C=O) groups excluding carboxylic acids is 3. The first-order valence-electron chi connectivity index (χ1n) is 9.90. The van der Waals surface area contributed by atoms with Crippen molar-refractivity contribution in [2.75, 3.05) is 26.2 Å². The van der Waals surface area contributed by atoms with Gasteiger partial charge >= 0.3 is 0 Å². The number of dihydropyridines is 1. The first-order valence-corrected chi connectivity index (χ1v) is 9.90. The van der Waals surface area contributed by atoms with Crippen LogP contribution in [0.15, 0.2) is 40.9 Å². The summed E-state index contributed by atoms with van der Waals surface area (Å²) in [5.74, 6) is -0.466. The number of nitrogens with zero attached hydrogens (tertiary/aromatic N) is 3. The average Bonchev–Trinajstić information content (AvgIpc) is 2.73. The van der Waals surface area contributed by atoms with Gasteiger partial charge in [0.05, 0.1) is 5.92 Å². The van der Waals surface area contributed by atoms with Gasteiger partial charge in [0.15, 0.2) is 0 Å². The van der Waals surface area contributed by atoms with Crippen LogP contribution >= 0.6 is 0 Å². The molecule has 2 aliphatic carbocycles.